The third kappa shape index (κ3) is 3.80. The van der Waals surface area contributed by atoms with E-state index in [0.717, 1.165) is 16.8 Å². The minimum Gasteiger partial charge on any atom is -0.485 e. The van der Waals surface area contributed by atoms with Crippen LogP contribution in [0.3, 0.4) is 0 Å². The zero-order valence-corrected chi connectivity index (χ0v) is 16.1. The van der Waals surface area contributed by atoms with Crippen molar-refractivity contribution in [3.8, 4) is 11.8 Å². The zero-order chi connectivity index (χ0) is 20.5. The maximum absolute atomic E-state index is 11.1. The molecule has 1 aliphatic rings. The Morgan fingerprint density at radius 2 is 2.00 bits per heavy atom. The molecule has 0 saturated heterocycles. The Morgan fingerprint density at radius 3 is 2.68 bits per heavy atom. The number of nitrogens with one attached hydrogen (secondary N) is 1. The maximum atomic E-state index is 11.1. The molecular weight excluding hydrogens is 356 g/mol. The first-order chi connectivity index (χ1) is 13.2. The molecular formula is C22H24N2O4. The Balaban J connectivity index is 2.10. The van der Waals surface area contributed by atoms with E-state index in [9.17, 15) is 15.2 Å². The summed E-state index contributed by atoms with van der Waals surface area (Å²) in [5.41, 5.74) is 1.99. The Bertz CT molecular complexity index is 932. The third-order valence-corrected chi connectivity index (χ3v) is 5.05. The van der Waals surface area contributed by atoms with Crippen molar-refractivity contribution in [1.29, 1.82) is 5.26 Å². The number of nitrogens with zero attached hydrogens (tertiary/aromatic N) is 1. The minimum absolute atomic E-state index is 0.0225. The molecule has 0 saturated carbocycles. The van der Waals surface area contributed by atoms with Gasteiger partial charge in [-0.1, -0.05) is 18.2 Å². The highest BCUT2D eigenvalue weighted by atomic mass is 16.5. The number of benzene rings is 2. The molecule has 3 rings (SSSR count). The smallest absolute Gasteiger partial charge is 0.305 e. The van der Waals surface area contributed by atoms with Crippen LogP contribution in [0.1, 0.15) is 49.8 Å². The number of anilines is 1. The number of nitriles is 1. The summed E-state index contributed by atoms with van der Waals surface area (Å²) < 4.78 is 6.00. The van der Waals surface area contributed by atoms with E-state index in [0.29, 0.717) is 11.3 Å². The normalized spacial score (nSPS) is 21.0. The number of ether oxygens (including phenoxy) is 1. The minimum atomic E-state index is -0.881. The standard InChI is InChI=1S/C22H24N2O4/c1-13(10-19(25)26)24-17-7-5-4-6-15(17)20-16-11-14(12-23)8-9-18(16)28-22(2,3)21(20)27/h4-9,11,13,20-21,24,27H,10H2,1-3H3,(H,25,26). The van der Waals surface area contributed by atoms with E-state index < -0.39 is 23.6 Å². The van der Waals surface area contributed by atoms with Crippen LogP contribution in [-0.2, 0) is 4.79 Å². The van der Waals surface area contributed by atoms with Gasteiger partial charge in [0.1, 0.15) is 17.5 Å². The first kappa shape index (κ1) is 19.7. The van der Waals surface area contributed by atoms with Crippen molar-refractivity contribution >= 4 is 11.7 Å². The highest BCUT2D eigenvalue weighted by Gasteiger charge is 2.44. The Morgan fingerprint density at radius 1 is 1.29 bits per heavy atom. The molecule has 0 fully saturated rings. The predicted molar refractivity (Wildman–Crippen MR) is 105 cm³/mol. The van der Waals surface area contributed by atoms with E-state index in [1.165, 1.54) is 0 Å². The number of para-hydroxylation sites is 1. The molecule has 0 bridgehead atoms. The van der Waals surface area contributed by atoms with Gasteiger partial charge in [0.15, 0.2) is 0 Å². The lowest BCUT2D eigenvalue weighted by atomic mass is 9.76. The fourth-order valence-corrected chi connectivity index (χ4v) is 3.68. The molecule has 3 unspecified atom stereocenters. The lowest BCUT2D eigenvalue weighted by Gasteiger charge is -2.43. The Hall–Kier alpha value is -3.04. The van der Waals surface area contributed by atoms with Crippen molar-refractivity contribution in [2.24, 2.45) is 0 Å². The van der Waals surface area contributed by atoms with E-state index in [2.05, 4.69) is 11.4 Å². The molecule has 146 valence electrons. The van der Waals surface area contributed by atoms with Gasteiger partial charge in [0.05, 0.1) is 18.1 Å². The van der Waals surface area contributed by atoms with E-state index in [1.54, 1.807) is 25.1 Å². The number of carboxylic acid groups (broad SMARTS) is 1. The summed E-state index contributed by atoms with van der Waals surface area (Å²) in [6, 6.07) is 14.6. The van der Waals surface area contributed by atoms with Crippen molar-refractivity contribution < 1.29 is 19.7 Å². The predicted octanol–water partition coefficient (Wildman–Crippen LogP) is 3.50. The first-order valence-corrected chi connectivity index (χ1v) is 9.21. The van der Waals surface area contributed by atoms with Crippen molar-refractivity contribution in [1.82, 2.24) is 0 Å². The van der Waals surface area contributed by atoms with Crippen LogP contribution >= 0.6 is 0 Å². The number of carboxylic acids is 1. The van der Waals surface area contributed by atoms with Crippen LogP contribution in [-0.4, -0.2) is 33.9 Å². The fraction of sp³-hybridized carbons (Fsp3) is 0.364. The van der Waals surface area contributed by atoms with Gasteiger partial charge in [-0.05, 0) is 50.6 Å². The molecule has 1 aliphatic heterocycles. The van der Waals surface area contributed by atoms with Crippen LogP contribution in [0.25, 0.3) is 0 Å². The summed E-state index contributed by atoms with van der Waals surface area (Å²) in [5, 5.41) is 32.7. The maximum Gasteiger partial charge on any atom is 0.305 e. The second-order valence-corrected chi connectivity index (χ2v) is 7.72. The average Bonchev–Trinajstić information content (AvgIpc) is 2.62. The molecule has 6 heteroatoms. The quantitative estimate of drug-likeness (QED) is 0.734. The van der Waals surface area contributed by atoms with Gasteiger partial charge >= 0.3 is 5.97 Å². The monoisotopic (exact) mass is 380 g/mol. The van der Waals surface area contributed by atoms with Gasteiger partial charge < -0.3 is 20.3 Å². The van der Waals surface area contributed by atoms with Crippen LogP contribution in [0, 0.1) is 11.3 Å². The number of hydrogen-bond donors (Lipinski definition) is 3. The SMILES string of the molecule is CC(CC(=O)O)Nc1ccccc1C1c2cc(C#N)ccc2OC(C)(C)C1O. The topological polar surface area (TPSA) is 103 Å². The molecule has 3 atom stereocenters. The number of carbonyl (C=O) groups is 1. The molecule has 3 N–H and O–H groups in total. The van der Waals surface area contributed by atoms with E-state index in [-0.39, 0.29) is 12.5 Å². The van der Waals surface area contributed by atoms with Gasteiger partial charge in [0.2, 0.25) is 0 Å². The van der Waals surface area contributed by atoms with Crippen molar-refractivity contribution in [3.63, 3.8) is 0 Å². The van der Waals surface area contributed by atoms with Crippen LogP contribution in [0.5, 0.6) is 5.75 Å². The van der Waals surface area contributed by atoms with Crippen LogP contribution < -0.4 is 10.1 Å². The number of aliphatic hydroxyl groups is 1. The van der Waals surface area contributed by atoms with E-state index >= 15 is 0 Å². The van der Waals surface area contributed by atoms with Gasteiger partial charge in [0.25, 0.3) is 0 Å². The molecule has 0 aliphatic carbocycles. The summed E-state index contributed by atoms with van der Waals surface area (Å²) >= 11 is 0. The summed E-state index contributed by atoms with van der Waals surface area (Å²) in [7, 11) is 0. The van der Waals surface area contributed by atoms with Gasteiger partial charge in [-0.3, -0.25) is 4.79 Å². The second kappa shape index (κ2) is 7.53. The largest absolute Gasteiger partial charge is 0.485 e. The van der Waals surface area contributed by atoms with Crippen LogP contribution in [0.4, 0.5) is 5.69 Å². The average molecular weight is 380 g/mol. The lowest BCUT2D eigenvalue weighted by Crippen LogP contribution is -2.49. The molecule has 1 heterocycles. The highest BCUT2D eigenvalue weighted by molar-refractivity contribution is 5.68. The van der Waals surface area contributed by atoms with Gasteiger partial charge in [-0.15, -0.1) is 0 Å². The van der Waals surface area contributed by atoms with Crippen LogP contribution in [0.15, 0.2) is 42.5 Å². The Kier molecular flexibility index (Phi) is 5.30. The second-order valence-electron chi connectivity index (χ2n) is 7.72. The van der Waals surface area contributed by atoms with Gasteiger partial charge in [-0.25, -0.2) is 0 Å². The number of rotatable bonds is 5. The molecule has 2 aromatic carbocycles. The molecule has 0 spiro atoms. The van der Waals surface area contributed by atoms with Crippen LogP contribution in [0.2, 0.25) is 0 Å². The molecule has 0 amide bonds. The molecule has 0 aromatic heterocycles. The molecule has 6 nitrogen and oxygen atoms in total. The van der Waals surface area contributed by atoms with E-state index in [4.69, 9.17) is 9.84 Å². The number of aliphatic carboxylic acids is 1. The van der Waals surface area contributed by atoms with Gasteiger partial charge in [-0.2, -0.15) is 5.26 Å². The van der Waals surface area contributed by atoms with Gasteiger partial charge in [0, 0.05) is 23.2 Å². The number of fused-ring (bicyclic) bond motifs is 1. The third-order valence-electron chi connectivity index (χ3n) is 5.05. The zero-order valence-electron chi connectivity index (χ0n) is 16.1. The van der Waals surface area contributed by atoms with Crippen molar-refractivity contribution in [3.05, 3.63) is 59.2 Å². The highest BCUT2D eigenvalue weighted by Crippen LogP contribution is 2.46. The summed E-state index contributed by atoms with van der Waals surface area (Å²) in [6.07, 6.45) is -0.877. The summed E-state index contributed by atoms with van der Waals surface area (Å²) in [6.45, 7) is 5.46. The molecule has 0 radical (unpaired) electrons. The lowest BCUT2D eigenvalue weighted by molar-refractivity contribution is -0.137. The van der Waals surface area contributed by atoms with Crippen molar-refractivity contribution in [2.45, 2.75) is 50.9 Å². The number of aliphatic hydroxyl groups excluding tert-OH is 1. The Labute approximate surface area is 164 Å². The summed E-state index contributed by atoms with van der Waals surface area (Å²) in [4.78, 5) is 11.0. The number of hydrogen-bond acceptors (Lipinski definition) is 5. The molecule has 28 heavy (non-hydrogen) atoms. The summed E-state index contributed by atoms with van der Waals surface area (Å²) in [5.74, 6) is -0.672. The van der Waals surface area contributed by atoms with E-state index in [1.807, 2.05) is 38.1 Å². The fourth-order valence-electron chi connectivity index (χ4n) is 3.68. The first-order valence-electron chi connectivity index (χ1n) is 9.21. The molecule has 2 aromatic rings. The van der Waals surface area contributed by atoms with Crippen molar-refractivity contribution in [2.75, 3.05) is 5.32 Å².